The smallest absolute Gasteiger partial charge is 0.228 e. The third-order valence-electron chi connectivity index (χ3n) is 3.55. The number of carbonyl (C=O) groups excluding carboxylic acids is 1. The molecule has 0 heterocycles. The Morgan fingerprint density at radius 3 is 2.19 bits per heavy atom. The molecule has 5 heteroatoms. The van der Waals surface area contributed by atoms with Crippen LogP contribution in [0.2, 0.25) is 15.1 Å². The lowest BCUT2D eigenvalue weighted by atomic mass is 10.1. The predicted molar refractivity (Wildman–Crippen MR) is 87.4 cm³/mol. The SMILES string of the molecule is O=C(Nc1ccc(Cl)cc1)C1CC1c1cc(Cl)cc(Cl)c1. The van der Waals surface area contributed by atoms with E-state index in [9.17, 15) is 4.79 Å². The molecule has 1 aliphatic rings. The van der Waals surface area contributed by atoms with E-state index in [4.69, 9.17) is 34.8 Å². The molecule has 2 nitrogen and oxygen atoms in total. The maximum atomic E-state index is 12.2. The number of carbonyl (C=O) groups is 1. The Balaban J connectivity index is 1.67. The highest BCUT2D eigenvalue weighted by Crippen LogP contribution is 2.49. The van der Waals surface area contributed by atoms with Gasteiger partial charge in [-0.2, -0.15) is 0 Å². The summed E-state index contributed by atoms with van der Waals surface area (Å²) in [7, 11) is 0. The van der Waals surface area contributed by atoms with Crippen LogP contribution in [0, 0.1) is 5.92 Å². The molecule has 2 aromatic carbocycles. The van der Waals surface area contributed by atoms with Crippen LogP contribution in [0.3, 0.4) is 0 Å². The van der Waals surface area contributed by atoms with E-state index in [0.717, 1.165) is 17.7 Å². The van der Waals surface area contributed by atoms with Crippen LogP contribution in [0.1, 0.15) is 17.9 Å². The number of amides is 1. The fourth-order valence-corrected chi connectivity index (χ4v) is 3.08. The second-order valence-electron chi connectivity index (χ2n) is 5.15. The maximum Gasteiger partial charge on any atom is 0.228 e. The Labute approximate surface area is 138 Å². The van der Waals surface area contributed by atoms with Gasteiger partial charge in [-0.05, 0) is 60.4 Å². The molecule has 1 saturated carbocycles. The highest BCUT2D eigenvalue weighted by Gasteiger charge is 2.44. The number of hydrogen-bond acceptors (Lipinski definition) is 1. The first-order chi connectivity index (χ1) is 10.0. The summed E-state index contributed by atoms with van der Waals surface area (Å²) < 4.78 is 0. The Bertz CT molecular complexity index is 664. The van der Waals surface area contributed by atoms with Crippen molar-refractivity contribution in [2.24, 2.45) is 5.92 Å². The van der Waals surface area contributed by atoms with Crippen molar-refractivity contribution < 1.29 is 4.79 Å². The van der Waals surface area contributed by atoms with E-state index in [1.807, 2.05) is 12.1 Å². The molecule has 2 unspecified atom stereocenters. The topological polar surface area (TPSA) is 29.1 Å². The molecular weight excluding hydrogens is 329 g/mol. The van der Waals surface area contributed by atoms with Crippen molar-refractivity contribution in [2.45, 2.75) is 12.3 Å². The van der Waals surface area contributed by atoms with Crippen molar-refractivity contribution in [3.05, 3.63) is 63.1 Å². The van der Waals surface area contributed by atoms with Crippen LogP contribution < -0.4 is 5.32 Å². The monoisotopic (exact) mass is 339 g/mol. The summed E-state index contributed by atoms with van der Waals surface area (Å²) in [6, 6.07) is 12.5. The first-order valence-electron chi connectivity index (χ1n) is 6.55. The minimum atomic E-state index is -0.0322. The molecule has 108 valence electrons. The Morgan fingerprint density at radius 2 is 1.57 bits per heavy atom. The minimum Gasteiger partial charge on any atom is -0.326 e. The number of halogens is 3. The van der Waals surface area contributed by atoms with Crippen LogP contribution in [0.5, 0.6) is 0 Å². The lowest BCUT2D eigenvalue weighted by Crippen LogP contribution is -2.14. The number of nitrogens with one attached hydrogen (secondary N) is 1. The molecule has 1 N–H and O–H groups in total. The molecule has 0 saturated heterocycles. The van der Waals surface area contributed by atoms with Crippen LogP contribution in [0.15, 0.2) is 42.5 Å². The van der Waals surface area contributed by atoms with Crippen molar-refractivity contribution in [1.29, 1.82) is 0 Å². The van der Waals surface area contributed by atoms with Crippen LogP contribution in [-0.2, 0) is 4.79 Å². The zero-order valence-corrected chi connectivity index (χ0v) is 13.2. The summed E-state index contributed by atoms with van der Waals surface area (Å²) in [5, 5.41) is 4.74. The second-order valence-corrected chi connectivity index (χ2v) is 6.46. The van der Waals surface area contributed by atoms with Gasteiger partial charge in [-0.25, -0.2) is 0 Å². The summed E-state index contributed by atoms with van der Waals surface area (Å²) >= 11 is 17.8. The molecule has 2 atom stereocenters. The van der Waals surface area contributed by atoms with Crippen LogP contribution in [0.25, 0.3) is 0 Å². The van der Waals surface area contributed by atoms with Crippen molar-refractivity contribution in [2.75, 3.05) is 5.32 Å². The van der Waals surface area contributed by atoms with Gasteiger partial charge in [0.15, 0.2) is 0 Å². The first kappa shape index (κ1) is 14.7. The summed E-state index contributed by atoms with van der Waals surface area (Å²) in [6.07, 6.45) is 0.816. The van der Waals surface area contributed by atoms with Gasteiger partial charge in [0.25, 0.3) is 0 Å². The van der Waals surface area contributed by atoms with E-state index >= 15 is 0 Å². The third-order valence-corrected chi connectivity index (χ3v) is 4.24. The molecule has 21 heavy (non-hydrogen) atoms. The molecule has 1 fully saturated rings. The average Bonchev–Trinajstić information content (AvgIpc) is 3.20. The van der Waals surface area contributed by atoms with Gasteiger partial charge in [0, 0.05) is 26.7 Å². The van der Waals surface area contributed by atoms with E-state index in [2.05, 4.69) is 5.32 Å². The molecule has 0 radical (unpaired) electrons. The largest absolute Gasteiger partial charge is 0.326 e. The lowest BCUT2D eigenvalue weighted by Gasteiger charge is -2.06. The van der Waals surface area contributed by atoms with E-state index in [1.54, 1.807) is 30.3 Å². The van der Waals surface area contributed by atoms with Gasteiger partial charge in [-0.15, -0.1) is 0 Å². The van der Waals surface area contributed by atoms with Crippen molar-refractivity contribution in [3.8, 4) is 0 Å². The van der Waals surface area contributed by atoms with Crippen LogP contribution in [0.4, 0.5) is 5.69 Å². The summed E-state index contributed by atoms with van der Waals surface area (Å²) in [5.74, 6) is 0.169. The number of anilines is 1. The van der Waals surface area contributed by atoms with Gasteiger partial charge in [-0.1, -0.05) is 34.8 Å². The Morgan fingerprint density at radius 1 is 0.952 bits per heavy atom. The highest BCUT2D eigenvalue weighted by molar-refractivity contribution is 6.34. The van der Waals surface area contributed by atoms with Gasteiger partial charge < -0.3 is 5.32 Å². The van der Waals surface area contributed by atoms with Gasteiger partial charge >= 0.3 is 0 Å². The molecule has 0 bridgehead atoms. The maximum absolute atomic E-state index is 12.2. The zero-order chi connectivity index (χ0) is 15.0. The summed E-state index contributed by atoms with van der Waals surface area (Å²) in [5.41, 5.74) is 1.77. The first-order valence-corrected chi connectivity index (χ1v) is 7.69. The van der Waals surface area contributed by atoms with E-state index in [0.29, 0.717) is 15.1 Å². The van der Waals surface area contributed by atoms with Gasteiger partial charge in [-0.3, -0.25) is 4.79 Å². The van der Waals surface area contributed by atoms with Crippen molar-refractivity contribution >= 4 is 46.4 Å². The van der Waals surface area contributed by atoms with E-state index < -0.39 is 0 Å². The van der Waals surface area contributed by atoms with Crippen molar-refractivity contribution in [3.63, 3.8) is 0 Å². The fourth-order valence-electron chi connectivity index (χ4n) is 2.41. The highest BCUT2D eigenvalue weighted by atomic mass is 35.5. The van der Waals surface area contributed by atoms with Crippen LogP contribution >= 0.6 is 34.8 Å². The zero-order valence-electron chi connectivity index (χ0n) is 10.9. The van der Waals surface area contributed by atoms with Gasteiger partial charge in [0.05, 0.1) is 0 Å². The predicted octanol–water partition coefficient (Wildman–Crippen LogP) is 5.39. The van der Waals surface area contributed by atoms with E-state index in [-0.39, 0.29) is 17.7 Å². The molecule has 1 aliphatic carbocycles. The Kier molecular flexibility index (Phi) is 4.12. The fraction of sp³-hybridized carbons (Fsp3) is 0.188. The van der Waals surface area contributed by atoms with Crippen LogP contribution in [-0.4, -0.2) is 5.91 Å². The quantitative estimate of drug-likeness (QED) is 0.797. The molecule has 0 aliphatic heterocycles. The molecule has 0 spiro atoms. The number of rotatable bonds is 3. The summed E-state index contributed by atoms with van der Waals surface area (Å²) in [6.45, 7) is 0. The Hall–Kier alpha value is -1.22. The molecular formula is C16H12Cl3NO. The van der Waals surface area contributed by atoms with Gasteiger partial charge in [0.2, 0.25) is 5.91 Å². The number of hydrogen-bond donors (Lipinski definition) is 1. The minimum absolute atomic E-state index is 0.0124. The van der Waals surface area contributed by atoms with Crippen molar-refractivity contribution in [1.82, 2.24) is 0 Å². The van der Waals surface area contributed by atoms with Gasteiger partial charge in [0.1, 0.15) is 0 Å². The standard InChI is InChI=1S/C16H12Cl3NO/c17-10-1-3-13(4-2-10)20-16(21)15-8-14(15)9-5-11(18)7-12(19)6-9/h1-7,14-15H,8H2,(H,20,21). The van der Waals surface area contributed by atoms with E-state index in [1.165, 1.54) is 0 Å². The normalized spacial score (nSPS) is 20.1. The third kappa shape index (κ3) is 3.52. The summed E-state index contributed by atoms with van der Waals surface area (Å²) in [4.78, 5) is 12.2. The second kappa shape index (κ2) is 5.88. The molecule has 0 aromatic heterocycles. The lowest BCUT2D eigenvalue weighted by molar-refractivity contribution is -0.117. The molecule has 2 aromatic rings. The number of benzene rings is 2. The molecule has 1 amide bonds. The molecule has 3 rings (SSSR count). The average molecular weight is 341 g/mol.